The van der Waals surface area contributed by atoms with Gasteiger partial charge in [0.25, 0.3) is 0 Å². The van der Waals surface area contributed by atoms with Gasteiger partial charge in [0.05, 0.1) is 0 Å². The van der Waals surface area contributed by atoms with Crippen molar-refractivity contribution in [3.63, 3.8) is 0 Å². The molecule has 0 spiro atoms. The zero-order valence-electron chi connectivity index (χ0n) is 10.5. The molecule has 1 aliphatic carbocycles. The lowest BCUT2D eigenvalue weighted by Gasteiger charge is -2.43. The third-order valence-corrected chi connectivity index (χ3v) is 3.97. The minimum Gasteiger partial charge on any atom is -0.311 e. The summed E-state index contributed by atoms with van der Waals surface area (Å²) in [5.74, 6) is 0.994. The van der Waals surface area contributed by atoms with E-state index in [1.807, 2.05) is 0 Å². The van der Waals surface area contributed by atoms with Gasteiger partial charge in [-0.2, -0.15) is 0 Å². The van der Waals surface area contributed by atoms with Crippen LogP contribution in [0.15, 0.2) is 0 Å². The molecule has 0 amide bonds. The second-order valence-corrected chi connectivity index (χ2v) is 5.59. The molecule has 2 heteroatoms. The van der Waals surface area contributed by atoms with Crippen LogP contribution in [0.4, 0.5) is 0 Å². The summed E-state index contributed by atoms with van der Waals surface area (Å²) in [5.41, 5.74) is 0. The SMILES string of the molecule is CCCC1CNC(C2CC2)CN1C(C)C. The minimum atomic E-state index is 0.713. The Balaban J connectivity index is 1.91. The lowest BCUT2D eigenvalue weighted by molar-refractivity contribution is 0.0847. The third-order valence-electron chi connectivity index (χ3n) is 3.97. The Labute approximate surface area is 94.4 Å². The van der Waals surface area contributed by atoms with Crippen LogP contribution in [-0.4, -0.2) is 36.1 Å². The summed E-state index contributed by atoms with van der Waals surface area (Å²) in [4.78, 5) is 2.73. The fourth-order valence-corrected chi connectivity index (χ4v) is 2.89. The predicted molar refractivity (Wildman–Crippen MR) is 65.1 cm³/mol. The van der Waals surface area contributed by atoms with Crippen LogP contribution < -0.4 is 5.32 Å². The normalized spacial score (nSPS) is 33.6. The smallest absolute Gasteiger partial charge is 0.0224 e. The van der Waals surface area contributed by atoms with Crippen LogP contribution in [0.1, 0.15) is 46.5 Å². The van der Waals surface area contributed by atoms with E-state index in [1.165, 1.54) is 38.8 Å². The van der Waals surface area contributed by atoms with Crippen LogP contribution in [-0.2, 0) is 0 Å². The molecule has 0 aromatic rings. The summed E-state index contributed by atoms with van der Waals surface area (Å²) in [5, 5.41) is 3.76. The Hall–Kier alpha value is -0.0800. The lowest BCUT2D eigenvalue weighted by Crippen LogP contribution is -2.59. The van der Waals surface area contributed by atoms with E-state index in [0.717, 1.165) is 18.0 Å². The van der Waals surface area contributed by atoms with E-state index in [4.69, 9.17) is 0 Å². The molecule has 15 heavy (non-hydrogen) atoms. The largest absolute Gasteiger partial charge is 0.311 e. The van der Waals surface area contributed by atoms with E-state index >= 15 is 0 Å². The van der Waals surface area contributed by atoms with Gasteiger partial charge in [-0.1, -0.05) is 13.3 Å². The standard InChI is InChI=1S/C13H26N2/c1-4-5-12-8-14-13(11-6-7-11)9-15(12)10(2)3/h10-14H,4-9H2,1-3H3. The number of hydrogen-bond donors (Lipinski definition) is 1. The molecular formula is C13H26N2. The minimum absolute atomic E-state index is 0.713. The third kappa shape index (κ3) is 2.73. The summed E-state index contributed by atoms with van der Waals surface area (Å²) in [7, 11) is 0. The Morgan fingerprint density at radius 3 is 2.60 bits per heavy atom. The van der Waals surface area contributed by atoms with Crippen molar-refractivity contribution in [3.05, 3.63) is 0 Å². The van der Waals surface area contributed by atoms with E-state index in [0.29, 0.717) is 6.04 Å². The van der Waals surface area contributed by atoms with Gasteiger partial charge in [0.1, 0.15) is 0 Å². The van der Waals surface area contributed by atoms with E-state index in [9.17, 15) is 0 Å². The van der Waals surface area contributed by atoms with Crippen LogP contribution in [0.2, 0.25) is 0 Å². The fraction of sp³-hybridized carbons (Fsp3) is 1.00. The maximum Gasteiger partial charge on any atom is 0.0224 e. The van der Waals surface area contributed by atoms with Crippen molar-refractivity contribution in [2.75, 3.05) is 13.1 Å². The number of nitrogens with zero attached hydrogens (tertiary/aromatic N) is 1. The van der Waals surface area contributed by atoms with Crippen molar-refractivity contribution < 1.29 is 0 Å². The molecule has 2 atom stereocenters. The summed E-state index contributed by atoms with van der Waals surface area (Å²) in [6.07, 6.45) is 5.58. The van der Waals surface area contributed by atoms with Gasteiger partial charge in [-0.15, -0.1) is 0 Å². The average molecular weight is 210 g/mol. The fourth-order valence-electron chi connectivity index (χ4n) is 2.89. The van der Waals surface area contributed by atoms with Gasteiger partial charge in [-0.05, 0) is 39.0 Å². The van der Waals surface area contributed by atoms with Gasteiger partial charge in [0.2, 0.25) is 0 Å². The van der Waals surface area contributed by atoms with Crippen LogP contribution >= 0.6 is 0 Å². The first-order valence-corrected chi connectivity index (χ1v) is 6.71. The number of hydrogen-bond acceptors (Lipinski definition) is 2. The Morgan fingerprint density at radius 2 is 2.07 bits per heavy atom. The summed E-state index contributed by atoms with van der Waals surface area (Å²) in [6.45, 7) is 9.49. The maximum atomic E-state index is 3.76. The second-order valence-electron chi connectivity index (χ2n) is 5.59. The van der Waals surface area contributed by atoms with Gasteiger partial charge in [-0.25, -0.2) is 0 Å². The number of piperazine rings is 1. The molecule has 0 aromatic heterocycles. The molecule has 1 N–H and O–H groups in total. The highest BCUT2D eigenvalue weighted by molar-refractivity contribution is 4.95. The van der Waals surface area contributed by atoms with E-state index in [1.54, 1.807) is 0 Å². The van der Waals surface area contributed by atoms with Crippen molar-refractivity contribution in [2.24, 2.45) is 5.92 Å². The van der Waals surface area contributed by atoms with Gasteiger partial charge in [0, 0.05) is 31.2 Å². The molecular weight excluding hydrogens is 184 g/mol. The van der Waals surface area contributed by atoms with E-state index in [-0.39, 0.29) is 0 Å². The van der Waals surface area contributed by atoms with Crippen molar-refractivity contribution in [1.29, 1.82) is 0 Å². The van der Waals surface area contributed by atoms with E-state index in [2.05, 4.69) is 31.0 Å². The van der Waals surface area contributed by atoms with Crippen LogP contribution in [0.25, 0.3) is 0 Å². The summed E-state index contributed by atoms with van der Waals surface area (Å²) >= 11 is 0. The highest BCUT2D eigenvalue weighted by Gasteiger charge is 2.37. The first kappa shape index (κ1) is 11.4. The quantitative estimate of drug-likeness (QED) is 0.765. The van der Waals surface area contributed by atoms with E-state index < -0.39 is 0 Å². The zero-order valence-corrected chi connectivity index (χ0v) is 10.5. The Bertz CT molecular complexity index is 199. The first-order chi connectivity index (χ1) is 7.22. The molecule has 2 rings (SSSR count). The molecule has 1 saturated heterocycles. The second kappa shape index (κ2) is 4.84. The molecule has 0 radical (unpaired) electrons. The van der Waals surface area contributed by atoms with Crippen LogP contribution in [0.5, 0.6) is 0 Å². The van der Waals surface area contributed by atoms with Gasteiger partial charge in [0.15, 0.2) is 0 Å². The monoisotopic (exact) mass is 210 g/mol. The molecule has 2 nitrogen and oxygen atoms in total. The average Bonchev–Trinajstić information content (AvgIpc) is 3.02. The molecule has 1 saturated carbocycles. The van der Waals surface area contributed by atoms with Gasteiger partial charge < -0.3 is 5.32 Å². The lowest BCUT2D eigenvalue weighted by atomic mass is 10.0. The zero-order chi connectivity index (χ0) is 10.8. The number of rotatable bonds is 4. The first-order valence-electron chi connectivity index (χ1n) is 6.71. The molecule has 2 aliphatic rings. The predicted octanol–water partition coefficient (Wildman–Crippen LogP) is 2.25. The highest BCUT2D eigenvalue weighted by atomic mass is 15.3. The maximum absolute atomic E-state index is 3.76. The summed E-state index contributed by atoms with van der Waals surface area (Å²) < 4.78 is 0. The highest BCUT2D eigenvalue weighted by Crippen LogP contribution is 2.34. The van der Waals surface area contributed by atoms with Crippen molar-refractivity contribution in [1.82, 2.24) is 10.2 Å². The van der Waals surface area contributed by atoms with Gasteiger partial charge >= 0.3 is 0 Å². The van der Waals surface area contributed by atoms with Crippen LogP contribution in [0, 0.1) is 5.92 Å². The molecule has 1 aliphatic heterocycles. The van der Waals surface area contributed by atoms with Crippen molar-refractivity contribution in [3.8, 4) is 0 Å². The molecule has 2 unspecified atom stereocenters. The Morgan fingerprint density at radius 1 is 1.33 bits per heavy atom. The molecule has 2 fully saturated rings. The van der Waals surface area contributed by atoms with Gasteiger partial charge in [-0.3, -0.25) is 4.90 Å². The van der Waals surface area contributed by atoms with Crippen LogP contribution in [0.3, 0.4) is 0 Å². The van der Waals surface area contributed by atoms with Crippen molar-refractivity contribution >= 4 is 0 Å². The summed E-state index contributed by atoms with van der Waals surface area (Å²) in [6, 6.07) is 2.29. The molecule has 0 bridgehead atoms. The molecule has 1 heterocycles. The Kier molecular flexibility index (Phi) is 3.68. The van der Waals surface area contributed by atoms with Crippen molar-refractivity contribution in [2.45, 2.75) is 64.6 Å². The molecule has 0 aromatic carbocycles. The topological polar surface area (TPSA) is 15.3 Å². The molecule has 88 valence electrons. The number of nitrogens with one attached hydrogen (secondary N) is 1.